The Morgan fingerprint density at radius 3 is 2.91 bits per heavy atom. The van der Waals surface area contributed by atoms with Gasteiger partial charge in [0.15, 0.2) is 0 Å². The van der Waals surface area contributed by atoms with Crippen LogP contribution in [0, 0.1) is 0 Å². The Bertz CT molecular complexity index is 119. The lowest BCUT2D eigenvalue weighted by Gasteiger charge is -2.22. The number of aliphatic hydroxyl groups excluding tert-OH is 1. The number of likely N-dealkylation sites (tertiary alicyclic amines) is 1. The highest BCUT2D eigenvalue weighted by Crippen LogP contribution is 2.11. The van der Waals surface area contributed by atoms with Crippen LogP contribution >= 0.6 is 0 Å². The quantitative estimate of drug-likeness (QED) is 0.633. The molecule has 0 aromatic rings. The van der Waals surface area contributed by atoms with E-state index in [-0.39, 0.29) is 6.10 Å². The molecule has 0 aromatic heterocycles. The summed E-state index contributed by atoms with van der Waals surface area (Å²) in [7, 11) is 1.71. The van der Waals surface area contributed by atoms with Crippen LogP contribution in [-0.2, 0) is 4.74 Å². The second-order valence-corrected chi connectivity index (χ2v) is 3.24. The minimum Gasteiger partial charge on any atom is -0.392 e. The standard InChI is InChI=1S/C8H17NO2/c1-7(6-11-2)9-4-3-8(10)5-9/h7-8,10H,3-6H2,1-2H3/t7?,8-/m1/s1. The van der Waals surface area contributed by atoms with Crippen molar-refractivity contribution in [1.82, 2.24) is 4.90 Å². The van der Waals surface area contributed by atoms with Crippen molar-refractivity contribution in [2.45, 2.75) is 25.5 Å². The SMILES string of the molecule is COCC(C)N1CC[C@@H](O)C1. The smallest absolute Gasteiger partial charge is 0.0679 e. The summed E-state index contributed by atoms with van der Waals surface area (Å²) >= 11 is 0. The first-order chi connectivity index (χ1) is 5.24. The molecule has 1 fully saturated rings. The number of nitrogens with zero attached hydrogens (tertiary/aromatic N) is 1. The van der Waals surface area contributed by atoms with Gasteiger partial charge in [-0.1, -0.05) is 0 Å². The summed E-state index contributed by atoms with van der Waals surface area (Å²) in [5.74, 6) is 0. The predicted octanol–water partition coefficient (Wildman–Crippen LogP) is 0.0879. The minimum atomic E-state index is -0.116. The number of hydrogen-bond acceptors (Lipinski definition) is 3. The number of β-amino-alcohol motifs (C(OH)–C–C–N with tert-alkyl or cyclic N) is 1. The summed E-state index contributed by atoms with van der Waals surface area (Å²) in [4.78, 5) is 2.26. The predicted molar refractivity (Wildman–Crippen MR) is 43.5 cm³/mol. The molecule has 3 nitrogen and oxygen atoms in total. The van der Waals surface area contributed by atoms with Gasteiger partial charge in [0, 0.05) is 26.2 Å². The van der Waals surface area contributed by atoms with Crippen LogP contribution < -0.4 is 0 Å². The molecule has 2 atom stereocenters. The maximum Gasteiger partial charge on any atom is 0.0679 e. The third kappa shape index (κ3) is 2.43. The van der Waals surface area contributed by atoms with E-state index >= 15 is 0 Å². The molecule has 0 radical (unpaired) electrons. The topological polar surface area (TPSA) is 32.7 Å². The molecule has 66 valence electrons. The second kappa shape index (κ2) is 4.04. The van der Waals surface area contributed by atoms with Gasteiger partial charge in [0.25, 0.3) is 0 Å². The number of methoxy groups -OCH3 is 1. The fraction of sp³-hybridized carbons (Fsp3) is 1.00. The molecular weight excluding hydrogens is 142 g/mol. The summed E-state index contributed by atoms with van der Waals surface area (Å²) in [6.45, 7) is 4.70. The number of hydrogen-bond donors (Lipinski definition) is 1. The first-order valence-electron chi connectivity index (χ1n) is 4.15. The van der Waals surface area contributed by atoms with E-state index in [9.17, 15) is 5.11 Å². The Balaban J connectivity index is 2.25. The zero-order valence-corrected chi connectivity index (χ0v) is 7.29. The maximum absolute atomic E-state index is 9.23. The van der Waals surface area contributed by atoms with Gasteiger partial charge in [-0.05, 0) is 13.3 Å². The third-order valence-electron chi connectivity index (χ3n) is 2.23. The van der Waals surface area contributed by atoms with E-state index in [0.29, 0.717) is 6.04 Å². The van der Waals surface area contributed by atoms with Crippen LogP contribution in [0.2, 0.25) is 0 Å². The molecule has 1 rings (SSSR count). The summed E-state index contributed by atoms with van der Waals surface area (Å²) in [6.07, 6.45) is 0.794. The zero-order chi connectivity index (χ0) is 8.27. The van der Waals surface area contributed by atoms with Crippen molar-refractivity contribution in [3.63, 3.8) is 0 Å². The van der Waals surface area contributed by atoms with Gasteiger partial charge < -0.3 is 9.84 Å². The Morgan fingerprint density at radius 1 is 1.73 bits per heavy atom. The van der Waals surface area contributed by atoms with Crippen LogP contribution in [0.4, 0.5) is 0 Å². The van der Waals surface area contributed by atoms with Crippen molar-refractivity contribution in [3.05, 3.63) is 0 Å². The lowest BCUT2D eigenvalue weighted by molar-refractivity contribution is 0.101. The monoisotopic (exact) mass is 159 g/mol. The molecule has 0 spiro atoms. The molecule has 0 saturated carbocycles. The molecule has 0 bridgehead atoms. The number of rotatable bonds is 3. The highest BCUT2D eigenvalue weighted by molar-refractivity contribution is 4.78. The van der Waals surface area contributed by atoms with Crippen LogP contribution in [-0.4, -0.2) is 49.0 Å². The average molecular weight is 159 g/mol. The van der Waals surface area contributed by atoms with Gasteiger partial charge in [-0.15, -0.1) is 0 Å². The molecule has 3 heteroatoms. The van der Waals surface area contributed by atoms with E-state index in [1.807, 2.05) is 0 Å². The van der Waals surface area contributed by atoms with E-state index in [1.54, 1.807) is 7.11 Å². The summed E-state index contributed by atoms with van der Waals surface area (Å²) in [6, 6.07) is 0.442. The third-order valence-corrected chi connectivity index (χ3v) is 2.23. The lowest BCUT2D eigenvalue weighted by Crippen LogP contribution is -2.34. The van der Waals surface area contributed by atoms with E-state index in [0.717, 1.165) is 26.1 Å². The summed E-state index contributed by atoms with van der Waals surface area (Å²) in [5.41, 5.74) is 0. The average Bonchev–Trinajstić information content (AvgIpc) is 2.36. The number of aliphatic hydroxyl groups is 1. The molecular formula is C8H17NO2. The van der Waals surface area contributed by atoms with Crippen molar-refractivity contribution < 1.29 is 9.84 Å². The normalized spacial score (nSPS) is 29.2. The Labute approximate surface area is 68.0 Å². The van der Waals surface area contributed by atoms with E-state index in [2.05, 4.69) is 11.8 Å². The first kappa shape index (κ1) is 8.97. The fourth-order valence-electron chi connectivity index (χ4n) is 1.52. The van der Waals surface area contributed by atoms with Gasteiger partial charge in [0.05, 0.1) is 12.7 Å². The van der Waals surface area contributed by atoms with E-state index in [1.165, 1.54) is 0 Å². The Hall–Kier alpha value is -0.120. The van der Waals surface area contributed by atoms with E-state index in [4.69, 9.17) is 4.74 Å². The van der Waals surface area contributed by atoms with Crippen molar-refractivity contribution in [2.24, 2.45) is 0 Å². The molecule has 1 saturated heterocycles. The van der Waals surface area contributed by atoms with Crippen molar-refractivity contribution in [1.29, 1.82) is 0 Å². The minimum absolute atomic E-state index is 0.116. The zero-order valence-electron chi connectivity index (χ0n) is 7.29. The van der Waals surface area contributed by atoms with Crippen molar-refractivity contribution >= 4 is 0 Å². The van der Waals surface area contributed by atoms with Gasteiger partial charge >= 0.3 is 0 Å². The molecule has 1 aliphatic heterocycles. The van der Waals surface area contributed by atoms with Gasteiger partial charge in [-0.2, -0.15) is 0 Å². The maximum atomic E-state index is 9.23. The highest BCUT2D eigenvalue weighted by atomic mass is 16.5. The van der Waals surface area contributed by atoms with Crippen molar-refractivity contribution in [3.8, 4) is 0 Å². The molecule has 1 aliphatic rings. The second-order valence-electron chi connectivity index (χ2n) is 3.24. The van der Waals surface area contributed by atoms with Crippen LogP contribution in [0.3, 0.4) is 0 Å². The van der Waals surface area contributed by atoms with Crippen LogP contribution in [0.25, 0.3) is 0 Å². The van der Waals surface area contributed by atoms with Crippen LogP contribution in [0.15, 0.2) is 0 Å². The highest BCUT2D eigenvalue weighted by Gasteiger charge is 2.23. The van der Waals surface area contributed by atoms with Crippen molar-refractivity contribution in [2.75, 3.05) is 26.8 Å². The molecule has 1 heterocycles. The van der Waals surface area contributed by atoms with Gasteiger partial charge in [0.2, 0.25) is 0 Å². The molecule has 1 unspecified atom stereocenters. The number of ether oxygens (including phenoxy) is 1. The lowest BCUT2D eigenvalue weighted by atomic mass is 10.3. The fourth-order valence-corrected chi connectivity index (χ4v) is 1.52. The van der Waals surface area contributed by atoms with Crippen LogP contribution in [0.1, 0.15) is 13.3 Å². The molecule has 0 aromatic carbocycles. The molecule has 11 heavy (non-hydrogen) atoms. The first-order valence-corrected chi connectivity index (χ1v) is 4.15. The summed E-state index contributed by atoms with van der Waals surface area (Å²) in [5, 5.41) is 9.23. The Kier molecular flexibility index (Phi) is 3.30. The van der Waals surface area contributed by atoms with E-state index < -0.39 is 0 Å². The largest absolute Gasteiger partial charge is 0.392 e. The molecule has 0 aliphatic carbocycles. The van der Waals surface area contributed by atoms with Gasteiger partial charge in [-0.3, -0.25) is 4.90 Å². The van der Waals surface area contributed by atoms with Crippen LogP contribution in [0.5, 0.6) is 0 Å². The molecule has 1 N–H and O–H groups in total. The van der Waals surface area contributed by atoms with Gasteiger partial charge in [0.1, 0.15) is 0 Å². The molecule has 0 amide bonds. The Morgan fingerprint density at radius 2 is 2.45 bits per heavy atom. The summed E-state index contributed by atoms with van der Waals surface area (Å²) < 4.78 is 5.03. The van der Waals surface area contributed by atoms with Gasteiger partial charge in [-0.25, -0.2) is 0 Å².